The molecule has 5 nitrogen and oxygen atoms in total. The quantitative estimate of drug-likeness (QED) is 0.338. The van der Waals surface area contributed by atoms with Crippen LogP contribution in [-0.4, -0.2) is 34.0 Å². The van der Waals surface area contributed by atoms with Crippen LogP contribution in [0.3, 0.4) is 0 Å². The summed E-state index contributed by atoms with van der Waals surface area (Å²) in [5.74, 6) is 1.90. The van der Waals surface area contributed by atoms with Gasteiger partial charge in [-0.2, -0.15) is 0 Å². The number of imidazole rings is 1. The number of halogens is 2. The molecule has 4 rings (SSSR count). The van der Waals surface area contributed by atoms with Gasteiger partial charge in [0.05, 0.1) is 29.7 Å². The van der Waals surface area contributed by atoms with Gasteiger partial charge in [0.1, 0.15) is 11.6 Å². The molecule has 33 heavy (non-hydrogen) atoms. The zero-order valence-corrected chi connectivity index (χ0v) is 21.0. The molecule has 7 heteroatoms. The molecule has 3 aromatic rings. The summed E-state index contributed by atoms with van der Waals surface area (Å²) in [4.78, 5) is 20.4. The lowest BCUT2D eigenvalue weighted by atomic mass is 10.1. The maximum atomic E-state index is 13.6. The Labute approximate surface area is 205 Å². The van der Waals surface area contributed by atoms with E-state index in [1.165, 1.54) is 12.8 Å². The number of hydrogen-bond acceptors (Lipinski definition) is 3. The average Bonchev–Trinajstić information content (AvgIpc) is 3.43. The van der Waals surface area contributed by atoms with E-state index >= 15 is 0 Å². The minimum atomic E-state index is -0.0525. The van der Waals surface area contributed by atoms with Crippen LogP contribution in [-0.2, 0) is 6.54 Å². The Morgan fingerprint density at radius 1 is 1.18 bits per heavy atom. The van der Waals surface area contributed by atoms with Crippen molar-refractivity contribution in [1.82, 2.24) is 14.5 Å². The van der Waals surface area contributed by atoms with Crippen molar-refractivity contribution in [1.29, 1.82) is 0 Å². The average molecular weight is 488 g/mol. The van der Waals surface area contributed by atoms with E-state index in [0.717, 1.165) is 36.1 Å². The molecule has 1 fully saturated rings. The van der Waals surface area contributed by atoms with E-state index in [1.807, 2.05) is 23.1 Å². The summed E-state index contributed by atoms with van der Waals surface area (Å²) in [5.41, 5.74) is 2.52. The summed E-state index contributed by atoms with van der Waals surface area (Å²) in [5, 5.41) is 1.13. The third kappa shape index (κ3) is 5.30. The van der Waals surface area contributed by atoms with Crippen molar-refractivity contribution in [2.24, 2.45) is 5.92 Å². The Hall–Kier alpha value is -2.24. The minimum Gasteiger partial charge on any atom is -0.495 e. The van der Waals surface area contributed by atoms with E-state index in [4.69, 9.17) is 32.9 Å². The largest absolute Gasteiger partial charge is 0.495 e. The Balaban J connectivity index is 1.71. The Morgan fingerprint density at radius 3 is 2.61 bits per heavy atom. The molecule has 1 heterocycles. The SMILES string of the molecule is COc1ccc(C(=O)N(CCC(C)C)Cc2nc3ccc(Cl)cc3n2C2CCCC2)cc1Cl. The van der Waals surface area contributed by atoms with Crippen molar-refractivity contribution < 1.29 is 9.53 Å². The first kappa shape index (κ1) is 23.9. The molecule has 1 amide bonds. The Bertz CT molecular complexity index is 1140. The fourth-order valence-corrected chi connectivity index (χ4v) is 5.04. The lowest BCUT2D eigenvalue weighted by molar-refractivity contribution is 0.0728. The zero-order valence-electron chi connectivity index (χ0n) is 19.5. The number of hydrogen-bond donors (Lipinski definition) is 0. The highest BCUT2D eigenvalue weighted by Crippen LogP contribution is 2.35. The number of amides is 1. The van der Waals surface area contributed by atoms with Gasteiger partial charge in [-0.15, -0.1) is 0 Å². The van der Waals surface area contributed by atoms with Gasteiger partial charge in [-0.1, -0.05) is 49.9 Å². The fourth-order valence-electron chi connectivity index (χ4n) is 4.62. The van der Waals surface area contributed by atoms with Crippen LogP contribution < -0.4 is 4.74 Å². The van der Waals surface area contributed by atoms with Crippen LogP contribution in [0.5, 0.6) is 5.75 Å². The second-order valence-electron chi connectivity index (χ2n) is 9.23. The van der Waals surface area contributed by atoms with Crippen molar-refractivity contribution in [3.63, 3.8) is 0 Å². The molecule has 0 bridgehead atoms. The van der Waals surface area contributed by atoms with Gasteiger partial charge in [0.25, 0.3) is 5.91 Å². The molecule has 0 spiro atoms. The number of carbonyl (C=O) groups excluding carboxylic acids is 1. The molecule has 2 aromatic carbocycles. The van der Waals surface area contributed by atoms with Gasteiger partial charge in [0, 0.05) is 23.2 Å². The van der Waals surface area contributed by atoms with E-state index in [9.17, 15) is 4.79 Å². The number of ether oxygens (including phenoxy) is 1. The molecule has 1 aliphatic carbocycles. The normalized spacial score (nSPS) is 14.4. The number of aromatic nitrogens is 2. The number of rotatable bonds is 8. The monoisotopic (exact) mass is 487 g/mol. The molecule has 1 aromatic heterocycles. The number of nitrogens with zero attached hydrogens (tertiary/aromatic N) is 3. The van der Waals surface area contributed by atoms with E-state index < -0.39 is 0 Å². The number of carbonyl (C=O) groups is 1. The predicted molar refractivity (Wildman–Crippen MR) is 134 cm³/mol. The van der Waals surface area contributed by atoms with Crippen LogP contribution in [0.25, 0.3) is 11.0 Å². The molecule has 0 unspecified atom stereocenters. The van der Waals surface area contributed by atoms with Gasteiger partial charge in [-0.3, -0.25) is 4.79 Å². The molecule has 1 saturated carbocycles. The lowest BCUT2D eigenvalue weighted by Gasteiger charge is -2.25. The van der Waals surface area contributed by atoms with Crippen molar-refractivity contribution in [2.75, 3.05) is 13.7 Å². The zero-order chi connectivity index (χ0) is 23.5. The molecule has 0 N–H and O–H groups in total. The van der Waals surface area contributed by atoms with Crippen molar-refractivity contribution in [3.05, 3.63) is 57.8 Å². The van der Waals surface area contributed by atoms with E-state index in [1.54, 1.807) is 25.3 Å². The first-order valence-corrected chi connectivity index (χ1v) is 12.4. The number of fused-ring (bicyclic) bond motifs is 1. The van der Waals surface area contributed by atoms with Crippen molar-refractivity contribution in [3.8, 4) is 5.75 Å². The second kappa shape index (κ2) is 10.4. The number of benzene rings is 2. The topological polar surface area (TPSA) is 47.4 Å². The van der Waals surface area contributed by atoms with E-state index in [0.29, 0.717) is 46.4 Å². The third-order valence-electron chi connectivity index (χ3n) is 6.41. The van der Waals surface area contributed by atoms with Gasteiger partial charge in [-0.25, -0.2) is 4.98 Å². The molecule has 1 aliphatic rings. The van der Waals surface area contributed by atoms with Crippen LogP contribution >= 0.6 is 23.2 Å². The summed E-state index contributed by atoms with van der Waals surface area (Å²) in [6.07, 6.45) is 5.58. The predicted octanol–water partition coefficient (Wildman–Crippen LogP) is 7.16. The molecule has 0 saturated heterocycles. The molecule has 0 aliphatic heterocycles. The van der Waals surface area contributed by atoms with Gasteiger partial charge in [-0.05, 0) is 61.6 Å². The van der Waals surface area contributed by atoms with E-state index in [2.05, 4.69) is 18.4 Å². The van der Waals surface area contributed by atoms with Crippen LogP contribution in [0.4, 0.5) is 0 Å². The van der Waals surface area contributed by atoms with Crippen LogP contribution in [0.1, 0.15) is 68.2 Å². The third-order valence-corrected chi connectivity index (χ3v) is 6.94. The van der Waals surface area contributed by atoms with Gasteiger partial charge in [0.15, 0.2) is 0 Å². The smallest absolute Gasteiger partial charge is 0.254 e. The Morgan fingerprint density at radius 2 is 1.94 bits per heavy atom. The lowest BCUT2D eigenvalue weighted by Crippen LogP contribution is -2.33. The second-order valence-corrected chi connectivity index (χ2v) is 10.1. The maximum absolute atomic E-state index is 13.6. The summed E-state index contributed by atoms with van der Waals surface area (Å²) in [6.45, 7) is 5.43. The van der Waals surface area contributed by atoms with Crippen molar-refractivity contribution in [2.45, 2.75) is 58.5 Å². The Kier molecular flexibility index (Phi) is 7.50. The van der Waals surface area contributed by atoms with Gasteiger partial charge < -0.3 is 14.2 Å². The first-order chi connectivity index (χ1) is 15.9. The summed E-state index contributed by atoms with van der Waals surface area (Å²) in [7, 11) is 1.57. The highest BCUT2D eigenvalue weighted by atomic mass is 35.5. The first-order valence-electron chi connectivity index (χ1n) is 11.7. The van der Waals surface area contributed by atoms with Crippen LogP contribution in [0.2, 0.25) is 10.0 Å². The van der Waals surface area contributed by atoms with Crippen LogP contribution in [0, 0.1) is 5.92 Å². The van der Waals surface area contributed by atoms with Gasteiger partial charge >= 0.3 is 0 Å². The summed E-state index contributed by atoms with van der Waals surface area (Å²) in [6, 6.07) is 11.4. The minimum absolute atomic E-state index is 0.0525. The summed E-state index contributed by atoms with van der Waals surface area (Å²) >= 11 is 12.7. The van der Waals surface area contributed by atoms with Crippen molar-refractivity contribution >= 4 is 40.1 Å². The molecule has 176 valence electrons. The number of methoxy groups -OCH3 is 1. The molecular formula is C26H31Cl2N3O2. The molecule has 0 atom stereocenters. The van der Waals surface area contributed by atoms with Crippen LogP contribution in [0.15, 0.2) is 36.4 Å². The molecular weight excluding hydrogens is 457 g/mol. The fraction of sp³-hybridized carbons (Fsp3) is 0.462. The molecule has 0 radical (unpaired) electrons. The standard InChI is InChI=1S/C26H31Cl2N3O2/c1-17(2)12-13-30(26(32)18-8-11-24(33-3)21(28)14-18)16-25-29-22-10-9-19(27)15-23(22)31(25)20-6-4-5-7-20/h8-11,14-15,17,20H,4-7,12-13,16H2,1-3H3. The maximum Gasteiger partial charge on any atom is 0.254 e. The highest BCUT2D eigenvalue weighted by molar-refractivity contribution is 6.32. The van der Waals surface area contributed by atoms with Gasteiger partial charge in [0.2, 0.25) is 0 Å². The summed E-state index contributed by atoms with van der Waals surface area (Å²) < 4.78 is 7.57. The van der Waals surface area contributed by atoms with E-state index in [-0.39, 0.29) is 5.91 Å². The highest BCUT2D eigenvalue weighted by Gasteiger charge is 2.26.